The van der Waals surface area contributed by atoms with Crippen molar-refractivity contribution in [2.45, 2.75) is 19.1 Å². The summed E-state index contributed by atoms with van der Waals surface area (Å²) in [4.78, 5) is 10.4. The first-order valence-electron chi connectivity index (χ1n) is 3.37. The van der Waals surface area contributed by atoms with Gasteiger partial charge >= 0.3 is 5.97 Å². The minimum atomic E-state index is -0.920. The molecule has 0 aromatic carbocycles. The Balaban J connectivity index is 0.000001000. The van der Waals surface area contributed by atoms with Crippen LogP contribution in [0, 0.1) is 5.92 Å². The molecule has 0 aromatic rings. The number of rotatable bonds is 1. The van der Waals surface area contributed by atoms with Gasteiger partial charge < -0.3 is 27.9 Å². The van der Waals surface area contributed by atoms with E-state index in [4.69, 9.17) is 5.11 Å². The molecular weight excluding hydrogens is 170 g/mol. The SMILES string of the molecule is C[C@@H]1C[NH2+][C@@H](C(=O)O)[C@@H]1O.[Cl-]. The van der Waals surface area contributed by atoms with Crippen LogP contribution in [0.5, 0.6) is 0 Å². The number of nitrogens with two attached hydrogens (primary N) is 1. The maximum Gasteiger partial charge on any atom is 0.365 e. The summed E-state index contributed by atoms with van der Waals surface area (Å²) in [6.07, 6.45) is -0.683. The van der Waals surface area contributed by atoms with Crippen LogP contribution in [0.1, 0.15) is 6.92 Å². The largest absolute Gasteiger partial charge is 1.00 e. The smallest absolute Gasteiger partial charge is 0.365 e. The van der Waals surface area contributed by atoms with Crippen molar-refractivity contribution in [1.82, 2.24) is 0 Å². The molecule has 1 heterocycles. The van der Waals surface area contributed by atoms with Crippen molar-refractivity contribution < 1.29 is 32.7 Å². The fraction of sp³-hybridized carbons (Fsp3) is 0.833. The molecule has 0 saturated carbocycles. The fourth-order valence-corrected chi connectivity index (χ4v) is 1.24. The van der Waals surface area contributed by atoms with E-state index < -0.39 is 18.1 Å². The van der Waals surface area contributed by atoms with Crippen LogP contribution in [0.25, 0.3) is 0 Å². The minimum Gasteiger partial charge on any atom is -1.00 e. The average molecular weight is 182 g/mol. The molecule has 0 spiro atoms. The predicted octanol–water partition coefficient (Wildman–Crippen LogP) is -4.98. The molecule has 0 bridgehead atoms. The molecule has 0 radical (unpaired) electrons. The highest BCUT2D eigenvalue weighted by Gasteiger charge is 2.40. The van der Waals surface area contributed by atoms with E-state index in [9.17, 15) is 9.90 Å². The molecule has 0 aliphatic carbocycles. The normalized spacial score (nSPS) is 36.4. The first-order valence-corrected chi connectivity index (χ1v) is 3.37. The Morgan fingerprint density at radius 1 is 1.64 bits per heavy atom. The molecule has 1 fully saturated rings. The van der Waals surface area contributed by atoms with Gasteiger partial charge in [0, 0.05) is 5.92 Å². The lowest BCUT2D eigenvalue weighted by Crippen LogP contribution is -3.00. The van der Waals surface area contributed by atoms with Crippen molar-refractivity contribution >= 4 is 5.97 Å². The summed E-state index contributed by atoms with van der Waals surface area (Å²) in [5.74, 6) is -0.821. The van der Waals surface area contributed by atoms with E-state index >= 15 is 0 Å². The quantitative estimate of drug-likeness (QED) is 0.380. The van der Waals surface area contributed by atoms with Gasteiger partial charge in [-0.1, -0.05) is 6.92 Å². The van der Waals surface area contributed by atoms with Crippen LogP contribution in [-0.4, -0.2) is 34.9 Å². The van der Waals surface area contributed by atoms with Crippen molar-refractivity contribution in [3.8, 4) is 0 Å². The molecule has 0 unspecified atom stereocenters. The van der Waals surface area contributed by atoms with Crippen LogP contribution < -0.4 is 17.7 Å². The Bertz CT molecular complexity index is 153. The lowest BCUT2D eigenvalue weighted by Gasteiger charge is -2.06. The van der Waals surface area contributed by atoms with E-state index in [0.717, 1.165) is 0 Å². The van der Waals surface area contributed by atoms with E-state index in [1.54, 1.807) is 5.32 Å². The molecular formula is C6H12ClNO3. The molecule has 4 N–H and O–H groups in total. The molecule has 1 aliphatic rings. The van der Waals surface area contributed by atoms with E-state index in [1.165, 1.54) is 0 Å². The van der Waals surface area contributed by atoms with Crippen molar-refractivity contribution in [2.75, 3.05) is 6.54 Å². The number of aliphatic carboxylic acids is 1. The molecule has 3 atom stereocenters. The third-order valence-electron chi connectivity index (χ3n) is 2.00. The van der Waals surface area contributed by atoms with Crippen LogP contribution in [0.15, 0.2) is 0 Å². The Kier molecular flexibility index (Phi) is 3.78. The summed E-state index contributed by atoms with van der Waals surface area (Å²) >= 11 is 0. The monoisotopic (exact) mass is 181 g/mol. The fourth-order valence-electron chi connectivity index (χ4n) is 1.24. The number of hydrogen-bond donors (Lipinski definition) is 3. The molecule has 4 nitrogen and oxygen atoms in total. The Labute approximate surface area is 71.0 Å². The van der Waals surface area contributed by atoms with Crippen LogP contribution >= 0.6 is 0 Å². The molecule has 11 heavy (non-hydrogen) atoms. The number of carbonyl (C=O) groups is 1. The van der Waals surface area contributed by atoms with Crippen molar-refractivity contribution in [2.24, 2.45) is 5.92 Å². The van der Waals surface area contributed by atoms with Gasteiger partial charge in [-0.05, 0) is 0 Å². The number of halogens is 1. The zero-order valence-electron chi connectivity index (χ0n) is 6.20. The van der Waals surface area contributed by atoms with E-state index in [0.29, 0.717) is 6.54 Å². The van der Waals surface area contributed by atoms with Gasteiger partial charge in [-0.3, -0.25) is 0 Å². The highest BCUT2D eigenvalue weighted by Crippen LogP contribution is 2.07. The third-order valence-corrected chi connectivity index (χ3v) is 2.00. The predicted molar refractivity (Wildman–Crippen MR) is 33.4 cm³/mol. The van der Waals surface area contributed by atoms with Crippen molar-refractivity contribution in [3.05, 3.63) is 0 Å². The molecule has 0 amide bonds. The Morgan fingerprint density at radius 2 is 2.18 bits per heavy atom. The number of hydrogen-bond acceptors (Lipinski definition) is 2. The van der Waals surface area contributed by atoms with Crippen molar-refractivity contribution in [1.29, 1.82) is 0 Å². The van der Waals surface area contributed by atoms with Crippen LogP contribution in [0.4, 0.5) is 0 Å². The summed E-state index contributed by atoms with van der Waals surface area (Å²) in [5, 5.41) is 19.4. The summed E-state index contributed by atoms with van der Waals surface area (Å²) < 4.78 is 0. The summed E-state index contributed by atoms with van der Waals surface area (Å²) in [6.45, 7) is 2.56. The average Bonchev–Trinajstić information content (AvgIpc) is 2.14. The molecule has 5 heteroatoms. The zero-order valence-corrected chi connectivity index (χ0v) is 6.95. The summed E-state index contributed by atoms with van der Waals surface area (Å²) in [6, 6.07) is -0.644. The van der Waals surface area contributed by atoms with E-state index in [-0.39, 0.29) is 18.3 Å². The van der Waals surface area contributed by atoms with Crippen LogP contribution in [0.3, 0.4) is 0 Å². The third kappa shape index (κ3) is 2.05. The second kappa shape index (κ2) is 3.90. The standard InChI is InChI=1S/C6H11NO3.ClH/c1-3-2-7-4(5(3)8)6(9)10;/h3-5,7-8H,2H2,1H3,(H,9,10);1H/t3-,4-,5-;/m1./s1. The lowest BCUT2D eigenvalue weighted by molar-refractivity contribution is -0.663. The number of carboxylic acids is 1. The van der Waals surface area contributed by atoms with Crippen molar-refractivity contribution in [3.63, 3.8) is 0 Å². The molecule has 1 rings (SSSR count). The molecule has 0 aromatic heterocycles. The van der Waals surface area contributed by atoms with E-state index in [1.807, 2.05) is 6.92 Å². The zero-order chi connectivity index (χ0) is 7.72. The van der Waals surface area contributed by atoms with Gasteiger partial charge in [0.2, 0.25) is 6.04 Å². The van der Waals surface area contributed by atoms with Gasteiger partial charge in [0.25, 0.3) is 0 Å². The first-order chi connectivity index (χ1) is 4.63. The second-order valence-corrected chi connectivity index (χ2v) is 2.80. The van der Waals surface area contributed by atoms with Gasteiger partial charge in [0.05, 0.1) is 6.54 Å². The summed E-state index contributed by atoms with van der Waals surface area (Å²) in [5.41, 5.74) is 0. The van der Waals surface area contributed by atoms with Gasteiger partial charge in [-0.15, -0.1) is 0 Å². The molecule has 1 saturated heterocycles. The number of carboxylic acid groups (broad SMARTS) is 1. The summed E-state index contributed by atoms with van der Waals surface area (Å²) in [7, 11) is 0. The number of aliphatic hydroxyl groups is 1. The lowest BCUT2D eigenvalue weighted by atomic mass is 10.0. The van der Waals surface area contributed by atoms with E-state index in [2.05, 4.69) is 0 Å². The second-order valence-electron chi connectivity index (χ2n) is 2.80. The molecule has 66 valence electrons. The van der Waals surface area contributed by atoms with Gasteiger partial charge in [-0.25, -0.2) is 4.79 Å². The minimum absolute atomic E-state index is 0. The maximum absolute atomic E-state index is 10.4. The molecule has 1 aliphatic heterocycles. The highest BCUT2D eigenvalue weighted by atomic mass is 35.5. The topological polar surface area (TPSA) is 74.1 Å². The van der Waals surface area contributed by atoms with Gasteiger partial charge in [0.15, 0.2) is 0 Å². The number of aliphatic hydroxyl groups excluding tert-OH is 1. The van der Waals surface area contributed by atoms with Crippen LogP contribution in [0.2, 0.25) is 0 Å². The highest BCUT2D eigenvalue weighted by molar-refractivity contribution is 5.72. The maximum atomic E-state index is 10.4. The Hall–Kier alpha value is -0.320. The Morgan fingerprint density at radius 3 is 2.36 bits per heavy atom. The van der Waals surface area contributed by atoms with Gasteiger partial charge in [0.1, 0.15) is 6.10 Å². The van der Waals surface area contributed by atoms with Crippen LogP contribution in [-0.2, 0) is 4.79 Å². The van der Waals surface area contributed by atoms with Gasteiger partial charge in [-0.2, -0.15) is 0 Å². The first kappa shape index (κ1) is 10.7. The number of quaternary nitrogens is 1.